The second kappa shape index (κ2) is 8.60. The molecule has 1 N–H and O–H groups in total. The average Bonchev–Trinajstić information content (AvgIpc) is 2.87. The van der Waals surface area contributed by atoms with Crippen LogP contribution in [0.1, 0.15) is 30.4 Å². The molecule has 158 valence electrons. The smallest absolute Gasteiger partial charge is 0.245 e. The van der Waals surface area contributed by atoms with Crippen LogP contribution in [0.4, 0.5) is 4.39 Å². The van der Waals surface area contributed by atoms with Gasteiger partial charge in [0.05, 0.1) is 5.60 Å². The molecule has 1 aliphatic rings. The number of halogens is 2. The minimum absolute atomic E-state index is 0.0428. The van der Waals surface area contributed by atoms with E-state index in [2.05, 4.69) is 0 Å². The minimum atomic E-state index is -3.96. The van der Waals surface area contributed by atoms with E-state index >= 15 is 0 Å². The first-order chi connectivity index (χ1) is 13.6. The Balaban J connectivity index is 1.69. The molecule has 1 fully saturated rings. The third kappa shape index (κ3) is 4.91. The van der Waals surface area contributed by atoms with Gasteiger partial charge in [-0.25, -0.2) is 12.8 Å². The van der Waals surface area contributed by atoms with E-state index in [9.17, 15) is 17.9 Å². The Morgan fingerprint density at radius 1 is 1.17 bits per heavy atom. The Hall–Kier alpha value is -1.67. The fourth-order valence-electron chi connectivity index (χ4n) is 3.54. The van der Waals surface area contributed by atoms with Gasteiger partial charge in [0, 0.05) is 18.1 Å². The highest BCUT2D eigenvalue weighted by molar-refractivity contribution is 7.89. The zero-order valence-electron chi connectivity index (χ0n) is 16.5. The van der Waals surface area contributed by atoms with Crippen molar-refractivity contribution in [2.75, 3.05) is 19.7 Å². The maximum absolute atomic E-state index is 14.0. The number of rotatable bonds is 5. The number of hydrogen-bond acceptors (Lipinski definition) is 4. The SMILES string of the molecule is Cc1cc(OCC2(O)CCCN(S(=O)(=O)c3ccccc3F)CC2)cc(C)c1Cl. The molecule has 0 spiro atoms. The van der Waals surface area contributed by atoms with Crippen molar-refractivity contribution < 1.29 is 22.7 Å². The van der Waals surface area contributed by atoms with E-state index < -0.39 is 21.4 Å². The van der Waals surface area contributed by atoms with Gasteiger partial charge in [0.25, 0.3) is 0 Å². The molecule has 1 aliphatic heterocycles. The average molecular weight is 442 g/mol. The molecule has 5 nitrogen and oxygen atoms in total. The number of nitrogens with zero attached hydrogens (tertiary/aromatic N) is 1. The van der Waals surface area contributed by atoms with Crippen molar-refractivity contribution in [1.82, 2.24) is 4.31 Å². The van der Waals surface area contributed by atoms with Crippen LogP contribution < -0.4 is 4.74 Å². The van der Waals surface area contributed by atoms with Crippen molar-refractivity contribution in [1.29, 1.82) is 0 Å². The van der Waals surface area contributed by atoms with E-state index in [1.807, 2.05) is 26.0 Å². The quantitative estimate of drug-likeness (QED) is 0.759. The normalized spacial score (nSPS) is 21.0. The van der Waals surface area contributed by atoms with Crippen molar-refractivity contribution in [3.63, 3.8) is 0 Å². The molecule has 0 bridgehead atoms. The van der Waals surface area contributed by atoms with Crippen LogP contribution in [0.5, 0.6) is 5.75 Å². The molecule has 1 saturated heterocycles. The second-order valence-corrected chi connectivity index (χ2v) is 9.86. The molecule has 1 heterocycles. The van der Waals surface area contributed by atoms with Crippen LogP contribution in [-0.2, 0) is 10.0 Å². The lowest BCUT2D eigenvalue weighted by Gasteiger charge is -2.27. The predicted molar refractivity (Wildman–Crippen MR) is 110 cm³/mol. The predicted octanol–water partition coefficient (Wildman–Crippen LogP) is 4.08. The van der Waals surface area contributed by atoms with Crippen LogP contribution in [0.25, 0.3) is 0 Å². The maximum atomic E-state index is 14.0. The van der Waals surface area contributed by atoms with Crippen molar-refractivity contribution >= 4 is 21.6 Å². The summed E-state index contributed by atoms with van der Waals surface area (Å²) >= 11 is 6.17. The maximum Gasteiger partial charge on any atom is 0.245 e. The molecule has 0 saturated carbocycles. The molecule has 3 rings (SSSR count). The first-order valence-corrected chi connectivity index (χ1v) is 11.3. The third-order valence-electron chi connectivity index (χ3n) is 5.25. The summed E-state index contributed by atoms with van der Waals surface area (Å²) in [5.41, 5.74) is 0.606. The molecule has 2 aromatic carbocycles. The summed E-state index contributed by atoms with van der Waals surface area (Å²) < 4.78 is 46.7. The lowest BCUT2D eigenvalue weighted by molar-refractivity contribution is -0.0156. The van der Waals surface area contributed by atoms with Gasteiger partial charge in [-0.05, 0) is 68.5 Å². The van der Waals surface area contributed by atoms with E-state index in [4.69, 9.17) is 16.3 Å². The Bertz CT molecular complexity index is 975. The molecular formula is C21H25ClFNO4S. The van der Waals surface area contributed by atoms with Gasteiger partial charge in [-0.2, -0.15) is 4.31 Å². The van der Waals surface area contributed by atoms with Gasteiger partial charge in [-0.15, -0.1) is 0 Å². The fraction of sp³-hybridized carbons (Fsp3) is 0.429. The van der Waals surface area contributed by atoms with Crippen LogP contribution in [-0.4, -0.2) is 43.1 Å². The second-order valence-electron chi connectivity index (χ2n) is 7.57. The first-order valence-electron chi connectivity index (χ1n) is 9.49. The summed E-state index contributed by atoms with van der Waals surface area (Å²) in [6.07, 6.45) is 1.04. The van der Waals surface area contributed by atoms with Crippen molar-refractivity contribution in [2.24, 2.45) is 0 Å². The van der Waals surface area contributed by atoms with Crippen molar-refractivity contribution in [2.45, 2.75) is 43.6 Å². The van der Waals surface area contributed by atoms with Gasteiger partial charge < -0.3 is 9.84 Å². The van der Waals surface area contributed by atoms with E-state index in [1.54, 1.807) is 0 Å². The Labute approximate surface area is 176 Å². The van der Waals surface area contributed by atoms with Crippen LogP contribution in [0.15, 0.2) is 41.3 Å². The van der Waals surface area contributed by atoms with Gasteiger partial charge in [0.2, 0.25) is 10.0 Å². The highest BCUT2D eigenvalue weighted by atomic mass is 35.5. The van der Waals surface area contributed by atoms with Crippen LogP contribution in [0.3, 0.4) is 0 Å². The van der Waals surface area contributed by atoms with Gasteiger partial charge in [0.15, 0.2) is 0 Å². The highest BCUT2D eigenvalue weighted by Crippen LogP contribution is 2.30. The molecule has 0 amide bonds. The monoisotopic (exact) mass is 441 g/mol. The summed E-state index contributed by atoms with van der Waals surface area (Å²) in [5, 5.41) is 11.6. The Morgan fingerprint density at radius 3 is 2.48 bits per heavy atom. The summed E-state index contributed by atoms with van der Waals surface area (Å²) in [6, 6.07) is 8.96. The molecular weight excluding hydrogens is 417 g/mol. The molecule has 1 unspecified atom stereocenters. The number of benzene rings is 2. The third-order valence-corrected chi connectivity index (χ3v) is 7.78. The largest absolute Gasteiger partial charge is 0.491 e. The first kappa shape index (κ1) is 22.0. The number of sulfonamides is 1. The minimum Gasteiger partial charge on any atom is -0.491 e. The summed E-state index contributed by atoms with van der Waals surface area (Å²) in [6.45, 7) is 4.12. The van der Waals surface area contributed by atoms with Gasteiger partial charge in [-0.1, -0.05) is 23.7 Å². The molecule has 1 atom stereocenters. The van der Waals surface area contributed by atoms with Crippen molar-refractivity contribution in [3.05, 3.63) is 58.4 Å². The Kier molecular flexibility index (Phi) is 6.53. The van der Waals surface area contributed by atoms with Gasteiger partial charge in [0.1, 0.15) is 23.1 Å². The van der Waals surface area contributed by atoms with Crippen molar-refractivity contribution in [3.8, 4) is 5.75 Å². The summed E-state index contributed by atoms with van der Waals surface area (Å²) in [4.78, 5) is -0.339. The highest BCUT2D eigenvalue weighted by Gasteiger charge is 2.36. The number of hydrogen-bond donors (Lipinski definition) is 1. The van der Waals surface area contributed by atoms with Crippen LogP contribution in [0, 0.1) is 19.7 Å². The number of aliphatic hydroxyl groups is 1. The van der Waals surface area contributed by atoms with E-state index in [-0.39, 0.29) is 31.0 Å². The topological polar surface area (TPSA) is 66.8 Å². The molecule has 0 aliphatic carbocycles. The number of aryl methyl sites for hydroxylation is 2. The summed E-state index contributed by atoms with van der Waals surface area (Å²) in [5.74, 6) is -0.165. The van der Waals surface area contributed by atoms with Crippen LogP contribution in [0.2, 0.25) is 5.02 Å². The fourth-order valence-corrected chi connectivity index (χ4v) is 5.19. The molecule has 2 aromatic rings. The lowest BCUT2D eigenvalue weighted by Crippen LogP contribution is -2.38. The lowest BCUT2D eigenvalue weighted by atomic mass is 9.96. The van der Waals surface area contributed by atoms with E-state index in [1.165, 1.54) is 22.5 Å². The molecule has 0 aromatic heterocycles. The number of ether oxygens (including phenoxy) is 1. The molecule has 0 radical (unpaired) electrons. The van der Waals surface area contributed by atoms with Crippen LogP contribution >= 0.6 is 11.6 Å². The molecule has 29 heavy (non-hydrogen) atoms. The van der Waals surface area contributed by atoms with E-state index in [0.717, 1.165) is 17.2 Å². The summed E-state index contributed by atoms with van der Waals surface area (Å²) in [7, 11) is -3.96. The van der Waals surface area contributed by atoms with Gasteiger partial charge >= 0.3 is 0 Å². The zero-order chi connectivity index (χ0) is 21.2. The van der Waals surface area contributed by atoms with Gasteiger partial charge in [-0.3, -0.25) is 0 Å². The standard InChI is InChI=1S/C21H25ClFNO4S/c1-15-12-17(13-16(2)20(15)22)28-14-21(25)8-5-10-24(11-9-21)29(26,27)19-7-4-3-6-18(19)23/h3-4,6-7,12-13,25H,5,8-11,14H2,1-2H3. The zero-order valence-corrected chi connectivity index (χ0v) is 18.1. The Morgan fingerprint density at radius 2 is 1.83 bits per heavy atom. The molecule has 8 heteroatoms. The van der Waals surface area contributed by atoms with E-state index in [0.29, 0.717) is 23.6 Å².